The van der Waals surface area contributed by atoms with Crippen molar-refractivity contribution in [2.24, 2.45) is 0 Å². The van der Waals surface area contributed by atoms with Gasteiger partial charge in [0.05, 0.1) is 5.69 Å². The van der Waals surface area contributed by atoms with Gasteiger partial charge >= 0.3 is 6.36 Å². The molecule has 7 heteroatoms. The number of thioether (sulfide) groups is 1. The lowest BCUT2D eigenvalue weighted by Crippen LogP contribution is -2.17. The molecule has 0 aliphatic carbocycles. The normalized spacial score (nSPS) is 13.4. The summed E-state index contributed by atoms with van der Waals surface area (Å²) in [6, 6.07) is 5.89. The zero-order valence-electron chi connectivity index (χ0n) is 18.8. The molecule has 0 aliphatic heterocycles. The number of allylic oxidation sites excluding steroid dienone is 1. The van der Waals surface area contributed by atoms with E-state index in [2.05, 4.69) is 37.8 Å². The second-order valence-electron chi connectivity index (χ2n) is 7.62. The topological polar surface area (TPSA) is 35.0 Å². The van der Waals surface area contributed by atoms with Gasteiger partial charge in [0, 0.05) is 17.0 Å². The lowest BCUT2D eigenvalue weighted by molar-refractivity contribution is -0.274. The van der Waals surface area contributed by atoms with Crippen molar-refractivity contribution in [2.45, 2.75) is 84.0 Å². The summed E-state index contributed by atoms with van der Waals surface area (Å²) >= 11 is 1.58. The minimum Gasteiger partial charge on any atom is -0.406 e. The molecule has 1 heterocycles. The minimum atomic E-state index is -4.71. The largest absolute Gasteiger partial charge is 0.573 e. The van der Waals surface area contributed by atoms with E-state index in [1.807, 2.05) is 6.92 Å². The maximum atomic E-state index is 12.5. The van der Waals surface area contributed by atoms with Gasteiger partial charge < -0.3 is 4.74 Å². The summed E-state index contributed by atoms with van der Waals surface area (Å²) in [5.41, 5.74) is 3.68. The van der Waals surface area contributed by atoms with Gasteiger partial charge in [0.1, 0.15) is 16.6 Å². The molecule has 0 saturated carbocycles. The maximum absolute atomic E-state index is 12.5. The molecule has 1 unspecified atom stereocenters. The highest BCUT2D eigenvalue weighted by Gasteiger charge is 2.31. The number of halogens is 3. The maximum Gasteiger partial charge on any atom is 0.573 e. The van der Waals surface area contributed by atoms with Gasteiger partial charge in [-0.25, -0.2) is 9.97 Å². The average Bonchev–Trinajstić information content (AvgIpc) is 2.73. The van der Waals surface area contributed by atoms with Crippen LogP contribution in [0.25, 0.3) is 11.3 Å². The summed E-state index contributed by atoms with van der Waals surface area (Å²) in [7, 11) is 0. The molecule has 0 spiro atoms. The van der Waals surface area contributed by atoms with E-state index in [0.717, 1.165) is 59.8 Å². The Morgan fingerprint density at radius 1 is 1.13 bits per heavy atom. The van der Waals surface area contributed by atoms with Crippen molar-refractivity contribution >= 4 is 11.8 Å². The summed E-state index contributed by atoms with van der Waals surface area (Å²) < 4.78 is 41.5. The van der Waals surface area contributed by atoms with Crippen LogP contribution in [0.5, 0.6) is 5.75 Å². The molecule has 2 rings (SSSR count). The molecule has 0 N–H and O–H groups in total. The average molecular weight is 453 g/mol. The van der Waals surface area contributed by atoms with E-state index in [9.17, 15) is 13.2 Å². The van der Waals surface area contributed by atoms with Crippen LogP contribution in [0.3, 0.4) is 0 Å². The third kappa shape index (κ3) is 7.56. The number of rotatable bonds is 10. The number of unbranched alkanes of at least 4 members (excludes halogenated alkanes) is 1. The van der Waals surface area contributed by atoms with E-state index in [4.69, 9.17) is 9.97 Å². The summed E-state index contributed by atoms with van der Waals surface area (Å²) in [6.07, 6.45) is 0.421. The second-order valence-corrected chi connectivity index (χ2v) is 8.47. The van der Waals surface area contributed by atoms with E-state index in [1.165, 1.54) is 17.7 Å². The van der Waals surface area contributed by atoms with Crippen LogP contribution < -0.4 is 4.74 Å². The van der Waals surface area contributed by atoms with Crippen LogP contribution in [-0.4, -0.2) is 16.3 Å². The first-order valence-electron chi connectivity index (χ1n) is 10.7. The predicted molar refractivity (Wildman–Crippen MR) is 121 cm³/mol. The Hall–Kier alpha value is -2.02. The summed E-state index contributed by atoms with van der Waals surface area (Å²) in [6.45, 7) is 10.5. The molecule has 0 fully saturated rings. The highest BCUT2D eigenvalue weighted by molar-refractivity contribution is 8.02. The first-order valence-corrected chi connectivity index (χ1v) is 11.6. The van der Waals surface area contributed by atoms with E-state index in [-0.39, 0.29) is 11.7 Å². The third-order valence-electron chi connectivity index (χ3n) is 5.17. The summed E-state index contributed by atoms with van der Waals surface area (Å²) in [4.78, 5) is 9.76. The molecule has 1 aromatic heterocycles. The minimum absolute atomic E-state index is 0.242. The zero-order valence-corrected chi connectivity index (χ0v) is 19.7. The van der Waals surface area contributed by atoms with Gasteiger partial charge in [-0.15, -0.1) is 13.2 Å². The Balaban J connectivity index is 2.49. The third-order valence-corrected chi connectivity index (χ3v) is 6.31. The number of benzene rings is 1. The van der Waals surface area contributed by atoms with Crippen LogP contribution in [0, 0.1) is 6.92 Å². The summed E-state index contributed by atoms with van der Waals surface area (Å²) in [5, 5.41) is 2.99. The number of hydrogen-bond acceptors (Lipinski definition) is 4. The fourth-order valence-corrected chi connectivity index (χ4v) is 4.01. The van der Waals surface area contributed by atoms with Crippen LogP contribution in [0.4, 0.5) is 13.2 Å². The SMILES string of the molecule is CCCCC(CC)c1nc(S/C=C(\C)CC)c(C)c(-c2ccc(OC(F)(F)F)cc2)n1. The molecule has 0 aliphatic rings. The van der Waals surface area contributed by atoms with Gasteiger partial charge in [-0.05, 0) is 62.8 Å². The van der Waals surface area contributed by atoms with Gasteiger partial charge in [-0.3, -0.25) is 0 Å². The Morgan fingerprint density at radius 3 is 2.35 bits per heavy atom. The number of ether oxygens (including phenoxy) is 1. The van der Waals surface area contributed by atoms with Crippen molar-refractivity contribution in [1.29, 1.82) is 0 Å². The Kier molecular flexibility index (Phi) is 9.41. The number of nitrogens with zero attached hydrogens (tertiary/aromatic N) is 2. The Labute approximate surface area is 187 Å². The van der Waals surface area contributed by atoms with Crippen LogP contribution in [-0.2, 0) is 0 Å². The van der Waals surface area contributed by atoms with E-state index in [1.54, 1.807) is 23.9 Å². The molecular weight excluding hydrogens is 421 g/mol. The molecule has 0 saturated heterocycles. The molecule has 0 amide bonds. The van der Waals surface area contributed by atoms with Gasteiger partial charge in [-0.1, -0.05) is 50.9 Å². The quantitative estimate of drug-likeness (QED) is 0.268. The zero-order chi connectivity index (χ0) is 23.0. The second kappa shape index (κ2) is 11.6. The Bertz CT molecular complexity index is 880. The van der Waals surface area contributed by atoms with Crippen molar-refractivity contribution in [2.75, 3.05) is 0 Å². The predicted octanol–water partition coefficient (Wildman–Crippen LogP) is 8.44. The molecule has 31 heavy (non-hydrogen) atoms. The molecule has 3 nitrogen and oxygen atoms in total. The van der Waals surface area contributed by atoms with Crippen LogP contribution in [0.1, 0.15) is 77.1 Å². The Morgan fingerprint density at radius 2 is 1.81 bits per heavy atom. The van der Waals surface area contributed by atoms with E-state index >= 15 is 0 Å². The first kappa shape index (κ1) is 25.2. The van der Waals surface area contributed by atoms with Gasteiger partial charge in [0.2, 0.25) is 0 Å². The molecular formula is C24H31F3N2OS. The van der Waals surface area contributed by atoms with E-state index < -0.39 is 6.36 Å². The van der Waals surface area contributed by atoms with Crippen LogP contribution >= 0.6 is 11.8 Å². The first-order chi connectivity index (χ1) is 14.7. The van der Waals surface area contributed by atoms with Crippen molar-refractivity contribution in [3.63, 3.8) is 0 Å². The van der Waals surface area contributed by atoms with Crippen molar-refractivity contribution < 1.29 is 17.9 Å². The van der Waals surface area contributed by atoms with Crippen LogP contribution in [0.2, 0.25) is 0 Å². The molecule has 0 radical (unpaired) electrons. The van der Waals surface area contributed by atoms with E-state index in [0.29, 0.717) is 0 Å². The van der Waals surface area contributed by atoms with Gasteiger partial charge in [0.15, 0.2) is 0 Å². The van der Waals surface area contributed by atoms with Gasteiger partial charge in [-0.2, -0.15) is 0 Å². The lowest BCUT2D eigenvalue weighted by Gasteiger charge is -2.18. The highest BCUT2D eigenvalue weighted by atomic mass is 32.2. The smallest absolute Gasteiger partial charge is 0.406 e. The molecule has 1 atom stereocenters. The van der Waals surface area contributed by atoms with Gasteiger partial charge in [0.25, 0.3) is 0 Å². The number of hydrogen-bond donors (Lipinski definition) is 0. The van der Waals surface area contributed by atoms with Crippen molar-refractivity contribution in [1.82, 2.24) is 9.97 Å². The highest BCUT2D eigenvalue weighted by Crippen LogP contribution is 2.34. The standard InChI is InChI=1S/C24H31F3N2OS/c1-6-9-10-18(8-3)22-28-21(17(5)23(29-22)31-15-16(4)7-2)19-11-13-20(14-12-19)30-24(25,26)27/h11-15,18H,6-10H2,1-5H3/b16-15+. The van der Waals surface area contributed by atoms with Crippen molar-refractivity contribution in [3.8, 4) is 17.0 Å². The monoisotopic (exact) mass is 452 g/mol. The number of aromatic nitrogens is 2. The fourth-order valence-electron chi connectivity index (χ4n) is 3.11. The summed E-state index contributed by atoms with van der Waals surface area (Å²) in [5.74, 6) is 0.814. The van der Waals surface area contributed by atoms with Crippen LogP contribution in [0.15, 0.2) is 40.3 Å². The lowest BCUT2D eigenvalue weighted by atomic mass is 9.97. The molecule has 170 valence electrons. The molecule has 0 bridgehead atoms. The fraction of sp³-hybridized carbons (Fsp3) is 0.500. The molecule has 1 aromatic carbocycles. The van der Waals surface area contributed by atoms with Crippen molar-refractivity contribution in [3.05, 3.63) is 46.6 Å². The number of alkyl halides is 3. The molecule has 2 aromatic rings.